The van der Waals surface area contributed by atoms with Gasteiger partial charge in [0.25, 0.3) is 0 Å². The molecule has 2 rings (SSSR count). The van der Waals surface area contributed by atoms with Crippen LogP contribution in [0.25, 0.3) is 0 Å². The molecule has 0 fully saturated rings. The Morgan fingerprint density at radius 2 is 1.74 bits per heavy atom. The van der Waals surface area contributed by atoms with Crippen LogP contribution >= 0.6 is 0 Å². The second-order valence-corrected chi connectivity index (χ2v) is 4.04. The zero-order valence-electron chi connectivity index (χ0n) is 10.5. The molecule has 0 saturated heterocycles. The Hall–Kier alpha value is -2.62. The molecule has 2 aromatic carbocycles. The molecule has 19 heavy (non-hydrogen) atoms. The van der Waals surface area contributed by atoms with E-state index in [0.29, 0.717) is 5.69 Å². The van der Waals surface area contributed by atoms with Crippen LogP contribution in [0.2, 0.25) is 0 Å². The van der Waals surface area contributed by atoms with E-state index in [0.717, 1.165) is 5.69 Å². The van der Waals surface area contributed by atoms with Crippen molar-refractivity contribution in [2.24, 2.45) is 4.99 Å². The second-order valence-electron chi connectivity index (χ2n) is 4.04. The molecule has 2 aromatic rings. The van der Waals surface area contributed by atoms with E-state index >= 15 is 0 Å². The van der Waals surface area contributed by atoms with E-state index in [-0.39, 0.29) is 5.56 Å². The highest BCUT2D eigenvalue weighted by Gasteiger charge is 2.01. The van der Waals surface area contributed by atoms with Gasteiger partial charge in [0, 0.05) is 12.7 Å². The van der Waals surface area contributed by atoms with Gasteiger partial charge in [0.1, 0.15) is 0 Å². The maximum Gasteiger partial charge on any atom is 0.335 e. The normalized spacial score (nSPS) is 10.6. The quantitative estimate of drug-likeness (QED) is 0.673. The molecule has 0 aliphatic carbocycles. The van der Waals surface area contributed by atoms with E-state index in [4.69, 9.17) is 5.11 Å². The van der Waals surface area contributed by atoms with Gasteiger partial charge in [0.2, 0.25) is 0 Å². The molecule has 0 radical (unpaired) electrons. The Kier molecular flexibility index (Phi) is 3.93. The van der Waals surface area contributed by atoms with Gasteiger partial charge in [0.15, 0.2) is 0 Å². The molecule has 0 saturated carbocycles. The van der Waals surface area contributed by atoms with Crippen molar-refractivity contribution in [2.45, 2.75) is 0 Å². The van der Waals surface area contributed by atoms with Gasteiger partial charge in [-0.05, 0) is 36.4 Å². The Labute approximate surface area is 111 Å². The molecular weight excluding hydrogens is 240 g/mol. The number of aromatic carboxylic acids is 1. The maximum atomic E-state index is 10.7. The SMILES string of the molecule is CN(C=Nc1ccc(C(=O)O)cc1)c1ccccc1. The summed E-state index contributed by atoms with van der Waals surface area (Å²) in [6, 6.07) is 16.3. The summed E-state index contributed by atoms with van der Waals surface area (Å²) in [5, 5.41) is 8.80. The van der Waals surface area contributed by atoms with E-state index in [1.165, 1.54) is 12.1 Å². The number of para-hydroxylation sites is 1. The van der Waals surface area contributed by atoms with Crippen molar-refractivity contribution < 1.29 is 9.90 Å². The first kappa shape index (κ1) is 12.8. The third-order valence-electron chi connectivity index (χ3n) is 2.66. The number of aliphatic imine (C=N–C) groups is 1. The summed E-state index contributed by atoms with van der Waals surface area (Å²) in [5.74, 6) is -0.933. The third-order valence-corrected chi connectivity index (χ3v) is 2.66. The lowest BCUT2D eigenvalue weighted by molar-refractivity contribution is 0.0697. The van der Waals surface area contributed by atoms with E-state index in [2.05, 4.69) is 4.99 Å². The molecule has 0 aliphatic rings. The minimum atomic E-state index is -0.933. The fraction of sp³-hybridized carbons (Fsp3) is 0.0667. The van der Waals surface area contributed by atoms with Gasteiger partial charge in [0.05, 0.1) is 17.6 Å². The Morgan fingerprint density at radius 1 is 1.11 bits per heavy atom. The maximum absolute atomic E-state index is 10.7. The van der Waals surface area contributed by atoms with Gasteiger partial charge in [-0.3, -0.25) is 0 Å². The zero-order chi connectivity index (χ0) is 13.7. The number of hydrogen-bond acceptors (Lipinski definition) is 2. The highest BCUT2D eigenvalue weighted by Crippen LogP contribution is 2.14. The first-order valence-electron chi connectivity index (χ1n) is 5.82. The number of nitrogens with zero attached hydrogens (tertiary/aromatic N) is 2. The second kappa shape index (κ2) is 5.82. The van der Waals surface area contributed by atoms with Crippen molar-refractivity contribution in [3.63, 3.8) is 0 Å². The summed E-state index contributed by atoms with van der Waals surface area (Å²) in [6.45, 7) is 0. The Balaban J connectivity index is 2.08. The van der Waals surface area contributed by atoms with Crippen molar-refractivity contribution in [2.75, 3.05) is 11.9 Å². The molecule has 96 valence electrons. The lowest BCUT2D eigenvalue weighted by Crippen LogP contribution is -2.13. The average Bonchev–Trinajstić information content (AvgIpc) is 2.46. The Morgan fingerprint density at radius 3 is 2.32 bits per heavy atom. The molecule has 0 atom stereocenters. The zero-order valence-corrected chi connectivity index (χ0v) is 10.5. The third kappa shape index (κ3) is 3.42. The highest BCUT2D eigenvalue weighted by molar-refractivity contribution is 5.88. The summed E-state index contributed by atoms with van der Waals surface area (Å²) in [4.78, 5) is 16.9. The molecule has 0 unspecified atom stereocenters. The minimum Gasteiger partial charge on any atom is -0.478 e. The number of carboxylic acid groups (broad SMARTS) is 1. The monoisotopic (exact) mass is 254 g/mol. The first-order valence-corrected chi connectivity index (χ1v) is 5.82. The van der Waals surface area contributed by atoms with Crippen LogP contribution in [0.5, 0.6) is 0 Å². The molecule has 0 aliphatic heterocycles. The van der Waals surface area contributed by atoms with Crippen molar-refractivity contribution in [3.8, 4) is 0 Å². The fourth-order valence-corrected chi connectivity index (χ4v) is 1.57. The number of carbonyl (C=O) groups is 1. The van der Waals surface area contributed by atoms with Gasteiger partial charge in [-0.25, -0.2) is 9.79 Å². The van der Waals surface area contributed by atoms with Gasteiger partial charge in [-0.2, -0.15) is 0 Å². The molecule has 0 heterocycles. The summed E-state index contributed by atoms with van der Waals surface area (Å²) in [5.41, 5.74) is 2.01. The molecule has 1 N–H and O–H groups in total. The van der Waals surface area contributed by atoms with Gasteiger partial charge in [-0.1, -0.05) is 18.2 Å². The lowest BCUT2D eigenvalue weighted by atomic mass is 10.2. The topological polar surface area (TPSA) is 52.9 Å². The van der Waals surface area contributed by atoms with Crippen molar-refractivity contribution in [1.29, 1.82) is 0 Å². The Bertz CT molecular complexity index is 577. The summed E-state index contributed by atoms with van der Waals surface area (Å²) >= 11 is 0. The highest BCUT2D eigenvalue weighted by atomic mass is 16.4. The number of rotatable bonds is 4. The summed E-state index contributed by atoms with van der Waals surface area (Å²) in [6.07, 6.45) is 1.70. The summed E-state index contributed by atoms with van der Waals surface area (Å²) in [7, 11) is 1.91. The largest absolute Gasteiger partial charge is 0.478 e. The van der Waals surface area contributed by atoms with Crippen molar-refractivity contribution >= 4 is 23.7 Å². The van der Waals surface area contributed by atoms with Crippen LogP contribution in [-0.2, 0) is 0 Å². The van der Waals surface area contributed by atoms with E-state index < -0.39 is 5.97 Å². The van der Waals surface area contributed by atoms with Crippen LogP contribution in [0.1, 0.15) is 10.4 Å². The smallest absolute Gasteiger partial charge is 0.335 e. The number of carboxylic acids is 1. The standard InChI is InChI=1S/C15H14N2O2/c1-17(14-5-3-2-4-6-14)11-16-13-9-7-12(8-10-13)15(18)19/h2-11H,1H3,(H,18,19). The van der Waals surface area contributed by atoms with Crippen LogP contribution < -0.4 is 4.90 Å². The molecule has 0 bridgehead atoms. The van der Waals surface area contributed by atoms with Gasteiger partial charge < -0.3 is 10.0 Å². The summed E-state index contributed by atoms with van der Waals surface area (Å²) < 4.78 is 0. The lowest BCUT2D eigenvalue weighted by Gasteiger charge is -2.12. The number of anilines is 1. The first-order chi connectivity index (χ1) is 9.16. The number of hydrogen-bond donors (Lipinski definition) is 1. The van der Waals surface area contributed by atoms with Gasteiger partial charge >= 0.3 is 5.97 Å². The molecule has 0 amide bonds. The minimum absolute atomic E-state index is 0.260. The molecular formula is C15H14N2O2. The molecule has 0 spiro atoms. The van der Waals surface area contributed by atoms with Crippen LogP contribution in [-0.4, -0.2) is 24.5 Å². The van der Waals surface area contributed by atoms with Crippen LogP contribution in [0.3, 0.4) is 0 Å². The fourth-order valence-electron chi connectivity index (χ4n) is 1.57. The molecule has 4 nitrogen and oxygen atoms in total. The van der Waals surface area contributed by atoms with Crippen LogP contribution in [0.4, 0.5) is 11.4 Å². The molecule has 0 aromatic heterocycles. The van der Waals surface area contributed by atoms with Crippen molar-refractivity contribution in [3.05, 3.63) is 60.2 Å². The predicted octanol–water partition coefficient (Wildman–Crippen LogP) is 3.18. The number of benzene rings is 2. The average molecular weight is 254 g/mol. The molecule has 4 heteroatoms. The van der Waals surface area contributed by atoms with Gasteiger partial charge in [-0.15, -0.1) is 0 Å². The van der Waals surface area contributed by atoms with E-state index in [1.807, 2.05) is 42.3 Å². The van der Waals surface area contributed by atoms with E-state index in [1.54, 1.807) is 18.5 Å². The van der Waals surface area contributed by atoms with E-state index in [9.17, 15) is 4.79 Å². The van der Waals surface area contributed by atoms with Crippen LogP contribution in [0, 0.1) is 0 Å². The van der Waals surface area contributed by atoms with Crippen LogP contribution in [0.15, 0.2) is 59.6 Å². The van der Waals surface area contributed by atoms with Crippen molar-refractivity contribution in [1.82, 2.24) is 0 Å². The predicted molar refractivity (Wildman–Crippen MR) is 76.4 cm³/mol.